The van der Waals surface area contributed by atoms with Crippen LogP contribution in [-0.4, -0.2) is 55.0 Å². The first-order chi connectivity index (χ1) is 18.7. The number of aliphatic imine (C=N–C) groups is 1. The van der Waals surface area contributed by atoms with Gasteiger partial charge in [0.25, 0.3) is 0 Å². The van der Waals surface area contributed by atoms with Crippen molar-refractivity contribution in [3.05, 3.63) is 83.1 Å². The molecule has 0 amide bonds. The number of allylic oxidation sites excluding steroid dienone is 2. The summed E-state index contributed by atoms with van der Waals surface area (Å²) in [5.41, 5.74) is 4.10. The number of alkyl halides is 3. The highest BCUT2D eigenvalue weighted by molar-refractivity contribution is 5.89. The standard InChI is InChI=1S/C28H32F3N5O.C2H6/c1-18-5-4-12-32-26(18)20-6-11-23-24(15-20)34-25(17-36-13-14-37-19(2)16-36)35(3)27(23)33-22-9-7-21(8-10-22)28(29,30)31;1-2/h4-12,15,19,26-27,32-33H,13-14,16-17H2,1-3H3;1-2H3/t19-,26?,27?;/m0./s1. The number of ether oxygens (including phenoxy) is 1. The van der Waals surface area contributed by atoms with Gasteiger partial charge < -0.3 is 20.3 Å². The number of nitrogens with one attached hydrogen (secondary N) is 2. The Kier molecular flexibility index (Phi) is 9.02. The molecule has 3 atom stereocenters. The minimum atomic E-state index is -4.37. The number of likely N-dealkylation sites (N-methyl/N-ethyl adjacent to an activating group) is 1. The molecule has 210 valence electrons. The van der Waals surface area contributed by atoms with E-state index >= 15 is 0 Å². The maximum atomic E-state index is 13.1. The van der Waals surface area contributed by atoms with E-state index in [1.54, 1.807) is 0 Å². The van der Waals surface area contributed by atoms with E-state index in [1.807, 2.05) is 33.2 Å². The minimum absolute atomic E-state index is 0.0648. The molecule has 2 N–H and O–H groups in total. The van der Waals surface area contributed by atoms with Crippen molar-refractivity contribution in [2.75, 3.05) is 38.6 Å². The molecule has 3 aliphatic heterocycles. The average molecular weight is 542 g/mol. The summed E-state index contributed by atoms with van der Waals surface area (Å²) in [6, 6.07) is 11.5. The van der Waals surface area contributed by atoms with Gasteiger partial charge in [-0.05, 0) is 67.6 Å². The van der Waals surface area contributed by atoms with Gasteiger partial charge in [-0.1, -0.05) is 32.1 Å². The lowest BCUT2D eigenvalue weighted by Gasteiger charge is -2.39. The van der Waals surface area contributed by atoms with Crippen LogP contribution in [0.25, 0.3) is 0 Å². The molecule has 0 spiro atoms. The largest absolute Gasteiger partial charge is 0.416 e. The first kappa shape index (κ1) is 28.7. The molecule has 2 aromatic carbocycles. The molecule has 6 nitrogen and oxygen atoms in total. The summed E-state index contributed by atoms with van der Waals surface area (Å²) in [6.45, 7) is 11.1. The Morgan fingerprint density at radius 3 is 2.54 bits per heavy atom. The zero-order valence-corrected chi connectivity index (χ0v) is 23.2. The van der Waals surface area contributed by atoms with Crippen LogP contribution in [-0.2, 0) is 10.9 Å². The van der Waals surface area contributed by atoms with Crippen LogP contribution in [0, 0.1) is 0 Å². The van der Waals surface area contributed by atoms with Crippen LogP contribution in [0.4, 0.5) is 24.5 Å². The van der Waals surface area contributed by atoms with Crippen molar-refractivity contribution in [3.8, 4) is 0 Å². The van der Waals surface area contributed by atoms with Crippen molar-refractivity contribution in [1.82, 2.24) is 15.1 Å². The van der Waals surface area contributed by atoms with E-state index in [1.165, 1.54) is 17.7 Å². The lowest BCUT2D eigenvalue weighted by molar-refractivity contribution is -0.137. The van der Waals surface area contributed by atoms with Gasteiger partial charge in [-0.15, -0.1) is 0 Å². The number of amidine groups is 1. The van der Waals surface area contributed by atoms with Gasteiger partial charge in [0.1, 0.15) is 12.0 Å². The molecule has 5 rings (SSSR count). The number of halogens is 3. The van der Waals surface area contributed by atoms with Crippen LogP contribution in [0.15, 0.2) is 71.4 Å². The van der Waals surface area contributed by atoms with Crippen molar-refractivity contribution in [1.29, 1.82) is 0 Å². The number of benzene rings is 2. The second-order valence-corrected chi connectivity index (χ2v) is 9.87. The number of rotatable bonds is 5. The topological polar surface area (TPSA) is 52.1 Å². The Bertz CT molecular complexity index is 1220. The van der Waals surface area contributed by atoms with Crippen molar-refractivity contribution in [3.63, 3.8) is 0 Å². The van der Waals surface area contributed by atoms with E-state index in [4.69, 9.17) is 9.73 Å². The van der Waals surface area contributed by atoms with Gasteiger partial charge in [0, 0.05) is 31.4 Å². The van der Waals surface area contributed by atoms with Crippen molar-refractivity contribution >= 4 is 17.2 Å². The van der Waals surface area contributed by atoms with Gasteiger partial charge in [-0.3, -0.25) is 4.90 Å². The molecule has 2 unspecified atom stereocenters. The Balaban J connectivity index is 0.00000172. The summed E-state index contributed by atoms with van der Waals surface area (Å²) in [5, 5.41) is 6.86. The molecule has 0 radical (unpaired) electrons. The first-order valence-corrected chi connectivity index (χ1v) is 13.5. The zero-order chi connectivity index (χ0) is 28.2. The van der Waals surface area contributed by atoms with Crippen LogP contribution in [0.2, 0.25) is 0 Å². The Labute approximate surface area is 229 Å². The second-order valence-electron chi connectivity index (χ2n) is 9.87. The highest BCUT2D eigenvalue weighted by atomic mass is 19.4. The van der Waals surface area contributed by atoms with E-state index in [9.17, 15) is 13.2 Å². The molecule has 9 heteroatoms. The molecule has 0 aromatic heterocycles. The lowest BCUT2D eigenvalue weighted by atomic mass is 9.94. The van der Waals surface area contributed by atoms with Crippen LogP contribution < -0.4 is 10.6 Å². The monoisotopic (exact) mass is 541 g/mol. The maximum Gasteiger partial charge on any atom is 0.416 e. The Morgan fingerprint density at radius 2 is 1.87 bits per heavy atom. The summed E-state index contributed by atoms with van der Waals surface area (Å²) in [4.78, 5) is 9.47. The van der Waals surface area contributed by atoms with E-state index in [0.717, 1.165) is 47.9 Å². The van der Waals surface area contributed by atoms with Gasteiger partial charge in [-0.2, -0.15) is 13.2 Å². The highest BCUT2D eigenvalue weighted by Gasteiger charge is 2.32. The van der Waals surface area contributed by atoms with Crippen LogP contribution in [0.5, 0.6) is 0 Å². The molecule has 0 aliphatic carbocycles. The third-order valence-corrected chi connectivity index (χ3v) is 7.11. The lowest BCUT2D eigenvalue weighted by Crippen LogP contribution is -2.48. The second kappa shape index (κ2) is 12.3. The van der Waals surface area contributed by atoms with Crippen molar-refractivity contribution < 1.29 is 17.9 Å². The molecule has 0 bridgehead atoms. The van der Waals surface area contributed by atoms with E-state index < -0.39 is 11.7 Å². The summed E-state index contributed by atoms with van der Waals surface area (Å²) < 4.78 is 45.0. The number of fused-ring (bicyclic) bond motifs is 1. The van der Waals surface area contributed by atoms with Crippen molar-refractivity contribution in [2.24, 2.45) is 4.99 Å². The molecule has 1 saturated heterocycles. The van der Waals surface area contributed by atoms with Gasteiger partial charge in [-0.25, -0.2) is 4.99 Å². The predicted octanol–water partition coefficient (Wildman–Crippen LogP) is 6.64. The highest BCUT2D eigenvalue weighted by Crippen LogP contribution is 2.38. The number of dihydropyridines is 1. The quantitative estimate of drug-likeness (QED) is 0.444. The normalized spacial score (nSPS) is 23.1. The SMILES string of the molecule is CC.CC1=CC=CNC1c1ccc2c(c1)N=C(CN1CCO[C@@H](C)C1)N(C)C2Nc1ccc(C(F)(F)F)cc1. The molecular formula is C30H38F3N5O. The molecule has 3 heterocycles. The van der Waals surface area contributed by atoms with Crippen LogP contribution >= 0.6 is 0 Å². The van der Waals surface area contributed by atoms with Gasteiger partial charge in [0.15, 0.2) is 0 Å². The smallest absolute Gasteiger partial charge is 0.380 e. The van der Waals surface area contributed by atoms with Gasteiger partial charge in [0.2, 0.25) is 0 Å². The molecule has 1 fully saturated rings. The molecule has 2 aromatic rings. The van der Waals surface area contributed by atoms with Gasteiger partial charge in [0.05, 0.1) is 36.5 Å². The molecule has 3 aliphatic rings. The summed E-state index contributed by atoms with van der Waals surface area (Å²) in [5.74, 6) is 0.895. The first-order valence-electron chi connectivity index (χ1n) is 13.5. The molecule has 39 heavy (non-hydrogen) atoms. The number of hydrogen-bond donors (Lipinski definition) is 2. The predicted molar refractivity (Wildman–Crippen MR) is 151 cm³/mol. The van der Waals surface area contributed by atoms with E-state index in [2.05, 4.69) is 58.6 Å². The number of hydrogen-bond acceptors (Lipinski definition) is 6. The van der Waals surface area contributed by atoms with Crippen molar-refractivity contribution in [2.45, 2.75) is 52.2 Å². The summed E-state index contributed by atoms with van der Waals surface area (Å²) in [7, 11) is 1.97. The van der Waals surface area contributed by atoms with Gasteiger partial charge >= 0.3 is 6.18 Å². The molecular weight excluding hydrogens is 503 g/mol. The average Bonchev–Trinajstić information content (AvgIpc) is 2.92. The fourth-order valence-corrected chi connectivity index (χ4v) is 5.05. The minimum Gasteiger partial charge on any atom is -0.380 e. The van der Waals surface area contributed by atoms with Crippen LogP contribution in [0.1, 0.15) is 56.6 Å². The number of morpholine rings is 1. The van der Waals surface area contributed by atoms with Crippen LogP contribution in [0.3, 0.4) is 0 Å². The number of anilines is 1. The fourth-order valence-electron chi connectivity index (χ4n) is 5.05. The fraction of sp³-hybridized carbons (Fsp3) is 0.433. The zero-order valence-electron chi connectivity index (χ0n) is 23.2. The number of nitrogens with zero attached hydrogens (tertiary/aromatic N) is 3. The summed E-state index contributed by atoms with van der Waals surface area (Å²) >= 11 is 0. The summed E-state index contributed by atoms with van der Waals surface area (Å²) in [6.07, 6.45) is 1.52. The van der Waals surface area contributed by atoms with E-state index in [0.29, 0.717) is 18.8 Å². The van der Waals surface area contributed by atoms with E-state index in [-0.39, 0.29) is 18.3 Å². The third-order valence-electron chi connectivity index (χ3n) is 7.11. The Morgan fingerprint density at radius 1 is 1.13 bits per heavy atom. The third kappa shape index (κ3) is 6.65. The molecule has 0 saturated carbocycles. The Hall–Kier alpha value is -3.30. The maximum absolute atomic E-state index is 13.1.